The van der Waals surface area contributed by atoms with Crippen molar-refractivity contribution in [2.75, 3.05) is 13.1 Å². The number of phenols is 1. The lowest BCUT2D eigenvalue weighted by Gasteiger charge is -2.63. The monoisotopic (exact) mass is 327 g/mol. The van der Waals surface area contributed by atoms with Gasteiger partial charge in [0.1, 0.15) is 11.5 Å². The fraction of sp³-hybridized carbons (Fsp3) is 0.650. The van der Waals surface area contributed by atoms with Crippen LogP contribution < -0.4 is 0 Å². The molecule has 1 aliphatic heterocycles. The predicted molar refractivity (Wildman–Crippen MR) is 90.0 cm³/mol. The van der Waals surface area contributed by atoms with Crippen LogP contribution in [0.25, 0.3) is 0 Å². The van der Waals surface area contributed by atoms with Crippen LogP contribution in [-0.2, 0) is 16.6 Å². The van der Waals surface area contributed by atoms with E-state index in [2.05, 4.69) is 4.90 Å². The molecule has 4 nitrogen and oxygen atoms in total. The van der Waals surface area contributed by atoms with Gasteiger partial charge in [-0.15, -0.1) is 0 Å². The van der Waals surface area contributed by atoms with Crippen molar-refractivity contribution in [1.82, 2.24) is 4.90 Å². The number of rotatable bonds is 2. The van der Waals surface area contributed by atoms with Crippen LogP contribution in [-0.4, -0.2) is 45.6 Å². The quantitative estimate of drug-likeness (QED) is 0.874. The Kier molecular flexibility index (Phi) is 3.00. The number of aliphatic hydroxyl groups is 1. The Morgan fingerprint density at radius 2 is 2.08 bits per heavy atom. The molecule has 1 aromatic rings. The van der Waals surface area contributed by atoms with Crippen LogP contribution >= 0.6 is 0 Å². The van der Waals surface area contributed by atoms with Crippen molar-refractivity contribution >= 4 is 5.78 Å². The Morgan fingerprint density at radius 1 is 1.25 bits per heavy atom. The summed E-state index contributed by atoms with van der Waals surface area (Å²) < 4.78 is 0. The lowest BCUT2D eigenvalue weighted by atomic mass is 9.49. The summed E-state index contributed by atoms with van der Waals surface area (Å²) in [4.78, 5) is 14.8. The van der Waals surface area contributed by atoms with Gasteiger partial charge in [0.25, 0.3) is 0 Å². The third-order valence-corrected chi connectivity index (χ3v) is 7.14. The number of likely N-dealkylation sites (tertiary alicyclic amines) is 1. The molecule has 2 bridgehead atoms. The van der Waals surface area contributed by atoms with E-state index in [1.54, 1.807) is 6.07 Å². The maximum atomic E-state index is 12.3. The minimum atomic E-state index is -0.838. The largest absolute Gasteiger partial charge is 0.508 e. The number of phenolic OH excluding ortho intramolecular Hbond substituents is 1. The van der Waals surface area contributed by atoms with Crippen molar-refractivity contribution in [3.8, 4) is 5.75 Å². The topological polar surface area (TPSA) is 60.8 Å². The van der Waals surface area contributed by atoms with E-state index in [0.717, 1.165) is 37.4 Å². The minimum Gasteiger partial charge on any atom is -0.508 e. The van der Waals surface area contributed by atoms with Gasteiger partial charge in [0.15, 0.2) is 0 Å². The lowest BCUT2D eigenvalue weighted by Crippen LogP contribution is -2.73. The highest BCUT2D eigenvalue weighted by molar-refractivity contribution is 5.82. The van der Waals surface area contributed by atoms with Crippen molar-refractivity contribution in [2.45, 2.75) is 62.0 Å². The highest BCUT2D eigenvalue weighted by atomic mass is 16.3. The van der Waals surface area contributed by atoms with E-state index in [0.29, 0.717) is 19.3 Å². The number of piperidine rings is 1. The zero-order valence-electron chi connectivity index (χ0n) is 14.0. The zero-order chi connectivity index (χ0) is 16.5. The van der Waals surface area contributed by atoms with E-state index >= 15 is 0 Å². The molecular formula is C20H25NO3. The molecule has 3 aliphatic carbocycles. The third-order valence-electron chi connectivity index (χ3n) is 7.14. The molecule has 1 heterocycles. The molecule has 0 spiro atoms. The molecule has 24 heavy (non-hydrogen) atoms. The Labute approximate surface area is 142 Å². The average molecular weight is 327 g/mol. The first-order valence-electron chi connectivity index (χ1n) is 9.32. The Morgan fingerprint density at radius 3 is 2.88 bits per heavy atom. The highest BCUT2D eigenvalue weighted by Crippen LogP contribution is 2.58. The second-order valence-corrected chi connectivity index (χ2v) is 8.47. The third kappa shape index (κ3) is 1.90. The average Bonchev–Trinajstić information content (AvgIpc) is 3.36. The number of carbonyl (C=O) groups is 1. The number of ketones is 1. The van der Waals surface area contributed by atoms with E-state index in [1.165, 1.54) is 18.4 Å². The summed E-state index contributed by atoms with van der Waals surface area (Å²) >= 11 is 0. The normalized spacial score (nSPS) is 38.5. The molecule has 0 aromatic heterocycles. The maximum absolute atomic E-state index is 12.3. The molecule has 4 heteroatoms. The molecule has 0 unspecified atom stereocenters. The molecule has 3 fully saturated rings. The number of hydrogen-bond acceptors (Lipinski definition) is 4. The Bertz CT molecular complexity index is 713. The van der Waals surface area contributed by atoms with Crippen LogP contribution in [0.3, 0.4) is 0 Å². The van der Waals surface area contributed by atoms with Crippen LogP contribution in [0.4, 0.5) is 0 Å². The Hall–Kier alpha value is -1.39. The molecule has 0 radical (unpaired) electrons. The number of benzene rings is 1. The molecule has 2 saturated carbocycles. The van der Waals surface area contributed by atoms with Crippen LogP contribution in [0.1, 0.15) is 49.7 Å². The summed E-state index contributed by atoms with van der Waals surface area (Å²) in [6, 6.07) is 5.66. The predicted octanol–water partition coefficient (Wildman–Crippen LogP) is 2.15. The number of nitrogens with zero attached hydrogens (tertiary/aromatic N) is 1. The van der Waals surface area contributed by atoms with E-state index in [1.807, 2.05) is 12.1 Å². The van der Waals surface area contributed by atoms with Crippen molar-refractivity contribution < 1.29 is 15.0 Å². The maximum Gasteiger partial charge on any atom is 0.134 e. The minimum absolute atomic E-state index is 0.108. The van der Waals surface area contributed by atoms with Gasteiger partial charge in [0.05, 0.1) is 5.60 Å². The van der Waals surface area contributed by atoms with E-state index in [-0.39, 0.29) is 17.6 Å². The van der Waals surface area contributed by atoms with Gasteiger partial charge in [-0.2, -0.15) is 0 Å². The van der Waals surface area contributed by atoms with Crippen LogP contribution in [0.2, 0.25) is 0 Å². The number of aromatic hydroxyl groups is 1. The molecule has 2 N–H and O–H groups in total. The first-order chi connectivity index (χ1) is 11.5. The number of Topliss-reactive ketones (excluding diaryl/α,β-unsaturated/α-hetero) is 1. The summed E-state index contributed by atoms with van der Waals surface area (Å²) in [6.07, 6.45) is 5.75. The van der Waals surface area contributed by atoms with Gasteiger partial charge in [-0.25, -0.2) is 0 Å². The fourth-order valence-corrected chi connectivity index (χ4v) is 5.74. The molecule has 128 valence electrons. The summed E-state index contributed by atoms with van der Waals surface area (Å²) in [5.74, 6) is 1.29. The number of carbonyl (C=O) groups excluding carboxylic acids is 1. The van der Waals surface area contributed by atoms with Gasteiger partial charge in [-0.05, 0) is 67.8 Å². The highest BCUT2D eigenvalue weighted by Gasteiger charge is 2.64. The van der Waals surface area contributed by atoms with Crippen molar-refractivity contribution in [1.29, 1.82) is 0 Å². The molecule has 3 atom stereocenters. The summed E-state index contributed by atoms with van der Waals surface area (Å²) in [6.45, 7) is 2.04. The van der Waals surface area contributed by atoms with Crippen molar-refractivity contribution in [2.24, 2.45) is 5.92 Å². The van der Waals surface area contributed by atoms with Gasteiger partial charge >= 0.3 is 0 Å². The van der Waals surface area contributed by atoms with Crippen molar-refractivity contribution in [3.63, 3.8) is 0 Å². The summed E-state index contributed by atoms with van der Waals surface area (Å²) in [7, 11) is 0. The molecule has 1 saturated heterocycles. The summed E-state index contributed by atoms with van der Waals surface area (Å²) in [5.41, 5.74) is 0.895. The molecule has 0 amide bonds. The number of fused-ring (bicyclic) bond motifs is 1. The van der Waals surface area contributed by atoms with Crippen LogP contribution in [0.5, 0.6) is 5.75 Å². The second-order valence-electron chi connectivity index (χ2n) is 8.47. The zero-order valence-corrected chi connectivity index (χ0v) is 14.0. The molecule has 4 aliphatic rings. The van der Waals surface area contributed by atoms with Gasteiger partial charge in [0.2, 0.25) is 0 Å². The smallest absolute Gasteiger partial charge is 0.134 e. The van der Waals surface area contributed by atoms with Gasteiger partial charge in [-0.1, -0.05) is 6.07 Å². The van der Waals surface area contributed by atoms with E-state index in [4.69, 9.17) is 0 Å². The van der Waals surface area contributed by atoms with Gasteiger partial charge < -0.3 is 10.2 Å². The van der Waals surface area contributed by atoms with E-state index < -0.39 is 11.0 Å². The Balaban J connectivity index is 1.65. The van der Waals surface area contributed by atoms with Gasteiger partial charge in [-0.3, -0.25) is 9.69 Å². The first-order valence-corrected chi connectivity index (χ1v) is 9.32. The van der Waals surface area contributed by atoms with Crippen molar-refractivity contribution in [3.05, 3.63) is 29.3 Å². The second kappa shape index (κ2) is 4.83. The van der Waals surface area contributed by atoms with Gasteiger partial charge in [0, 0.05) is 30.8 Å². The first kappa shape index (κ1) is 14.9. The van der Waals surface area contributed by atoms with Crippen LogP contribution in [0, 0.1) is 5.92 Å². The molecule has 5 rings (SSSR count). The lowest BCUT2D eigenvalue weighted by molar-refractivity contribution is -0.173. The summed E-state index contributed by atoms with van der Waals surface area (Å²) in [5, 5.41) is 21.9. The number of hydrogen-bond donors (Lipinski definition) is 2. The molecular weight excluding hydrogens is 302 g/mol. The van der Waals surface area contributed by atoms with Crippen LogP contribution in [0.15, 0.2) is 18.2 Å². The van der Waals surface area contributed by atoms with E-state index in [9.17, 15) is 15.0 Å². The standard InChI is InChI=1S/C20H25NO3/c22-15-4-3-14-9-18-20(24)6-5-16(23)11-19(20,17(14)10-15)7-8-21(18)12-13-1-2-13/h3-4,10,13,18,22,24H,1-2,5-9,11-12H2/t18-,19+,20+/m0/s1. The molecule has 1 aromatic carbocycles. The fourth-order valence-electron chi connectivity index (χ4n) is 5.74. The SMILES string of the molecule is O=C1CC[C@@]2(O)[C@@H]3Cc4ccc(O)cc4[C@@]2(CCN3CC2CC2)C1.